The summed E-state index contributed by atoms with van der Waals surface area (Å²) < 4.78 is 58.6. The molecular weight excluding hydrogens is 476 g/mol. The second-order valence-electron chi connectivity index (χ2n) is 6.92. The highest BCUT2D eigenvalue weighted by molar-refractivity contribution is 7.90. The number of methoxy groups -OCH3 is 1. The highest BCUT2D eigenvalue weighted by atomic mass is 35.5. The molecule has 0 fully saturated rings. The number of halogens is 3. The Balaban J connectivity index is 2.04. The zero-order valence-corrected chi connectivity index (χ0v) is 19.3. The lowest BCUT2D eigenvalue weighted by Gasteiger charge is -2.09. The van der Waals surface area contributed by atoms with Crippen LogP contribution in [0.15, 0.2) is 65.6 Å². The van der Waals surface area contributed by atoms with E-state index in [0.717, 1.165) is 29.7 Å². The molecule has 0 N–H and O–H groups in total. The molecule has 0 aliphatic rings. The summed E-state index contributed by atoms with van der Waals surface area (Å²) in [5, 5.41) is 0.934. The molecule has 3 aromatic carbocycles. The predicted octanol–water partition coefficient (Wildman–Crippen LogP) is 6.49. The van der Waals surface area contributed by atoms with Gasteiger partial charge in [-0.05, 0) is 24.3 Å². The minimum absolute atomic E-state index is 0.0618. The van der Waals surface area contributed by atoms with Gasteiger partial charge in [0.1, 0.15) is 5.01 Å². The fourth-order valence-electron chi connectivity index (χ4n) is 3.32. The molecule has 4 aromatic rings. The van der Waals surface area contributed by atoms with Gasteiger partial charge in [-0.2, -0.15) is 0 Å². The monoisotopic (exact) mass is 491 g/mol. The molecule has 0 aliphatic carbocycles. The maximum absolute atomic E-state index is 14.5. The number of benzene rings is 3. The highest BCUT2D eigenvalue weighted by Gasteiger charge is 2.24. The van der Waals surface area contributed by atoms with Gasteiger partial charge in [0, 0.05) is 22.9 Å². The van der Waals surface area contributed by atoms with Gasteiger partial charge in [0.2, 0.25) is 0 Å². The van der Waals surface area contributed by atoms with Crippen molar-refractivity contribution in [1.29, 1.82) is 0 Å². The largest absolute Gasteiger partial charge is 0.491 e. The van der Waals surface area contributed by atoms with Crippen molar-refractivity contribution in [2.75, 3.05) is 13.4 Å². The van der Waals surface area contributed by atoms with Gasteiger partial charge in [0.15, 0.2) is 27.2 Å². The molecule has 32 heavy (non-hydrogen) atoms. The van der Waals surface area contributed by atoms with Crippen molar-refractivity contribution in [3.63, 3.8) is 0 Å². The van der Waals surface area contributed by atoms with Crippen LogP contribution in [-0.2, 0) is 9.84 Å². The van der Waals surface area contributed by atoms with Gasteiger partial charge in [-0.25, -0.2) is 22.2 Å². The topological polar surface area (TPSA) is 56.3 Å². The molecule has 4 nitrogen and oxygen atoms in total. The second kappa shape index (κ2) is 8.61. The summed E-state index contributed by atoms with van der Waals surface area (Å²) in [7, 11) is -2.42. The number of thiazole rings is 1. The molecular formula is C23H16ClF2NO3S2. The van der Waals surface area contributed by atoms with Crippen LogP contribution in [0.1, 0.15) is 0 Å². The zero-order chi connectivity index (χ0) is 23.0. The van der Waals surface area contributed by atoms with Crippen LogP contribution in [0.2, 0.25) is 5.02 Å². The number of ether oxygens (including phenoxy) is 1. The number of rotatable bonds is 5. The normalized spacial score (nSPS) is 11.5. The first kappa shape index (κ1) is 22.4. The van der Waals surface area contributed by atoms with Crippen LogP contribution in [-0.4, -0.2) is 26.8 Å². The van der Waals surface area contributed by atoms with E-state index in [0.29, 0.717) is 26.0 Å². The van der Waals surface area contributed by atoms with Crippen molar-refractivity contribution in [1.82, 2.24) is 4.98 Å². The third-order valence-electron chi connectivity index (χ3n) is 4.74. The fourth-order valence-corrected chi connectivity index (χ4v) is 5.60. The molecule has 1 heterocycles. The third-order valence-corrected chi connectivity index (χ3v) is 7.36. The highest BCUT2D eigenvalue weighted by Crippen LogP contribution is 2.44. The maximum atomic E-state index is 14.5. The Labute approximate surface area is 193 Å². The van der Waals surface area contributed by atoms with Gasteiger partial charge < -0.3 is 4.74 Å². The number of hydrogen-bond donors (Lipinski definition) is 0. The van der Waals surface area contributed by atoms with Gasteiger partial charge in [-0.3, -0.25) is 0 Å². The van der Waals surface area contributed by atoms with E-state index >= 15 is 0 Å². The predicted molar refractivity (Wildman–Crippen MR) is 123 cm³/mol. The molecule has 9 heteroatoms. The summed E-state index contributed by atoms with van der Waals surface area (Å²) in [5.74, 6) is -2.25. The quantitative estimate of drug-likeness (QED) is 0.320. The lowest BCUT2D eigenvalue weighted by molar-refractivity contribution is 0.360. The summed E-state index contributed by atoms with van der Waals surface area (Å²) in [6.45, 7) is 0. The van der Waals surface area contributed by atoms with Crippen LogP contribution < -0.4 is 4.74 Å². The molecule has 1 aromatic heterocycles. The summed E-state index contributed by atoms with van der Waals surface area (Å²) in [5.41, 5.74) is 1.44. The molecule has 0 unspecified atom stereocenters. The first-order chi connectivity index (χ1) is 15.2. The van der Waals surface area contributed by atoms with E-state index in [-0.39, 0.29) is 16.2 Å². The summed E-state index contributed by atoms with van der Waals surface area (Å²) in [4.78, 5) is 5.12. The fraction of sp³-hybridized carbons (Fsp3) is 0.0870. The van der Waals surface area contributed by atoms with E-state index < -0.39 is 27.2 Å². The maximum Gasteiger partial charge on any atom is 0.190 e. The Morgan fingerprint density at radius 3 is 2.16 bits per heavy atom. The zero-order valence-electron chi connectivity index (χ0n) is 16.9. The molecule has 0 atom stereocenters. The number of hydrogen-bond acceptors (Lipinski definition) is 5. The average Bonchev–Trinajstić information content (AvgIpc) is 3.18. The first-order valence-corrected chi connectivity index (χ1v) is 12.4. The van der Waals surface area contributed by atoms with E-state index in [4.69, 9.17) is 16.3 Å². The standard InChI is InChI=1S/C23H16ClF2NO3S2/c1-30-21-17(25)11-13(12-18(21)26)22-20(15-8-4-6-10-19(15)32(2,28)29)27-23(31-22)14-7-3-5-9-16(14)24/h3-12H,1-2H3. The Bertz CT molecular complexity index is 1410. The number of nitrogens with zero attached hydrogens (tertiary/aromatic N) is 1. The van der Waals surface area contributed by atoms with Crippen LogP contribution in [0, 0.1) is 11.6 Å². The molecule has 164 valence electrons. The van der Waals surface area contributed by atoms with Gasteiger partial charge >= 0.3 is 0 Å². The molecule has 0 saturated carbocycles. The van der Waals surface area contributed by atoms with Gasteiger partial charge in [-0.15, -0.1) is 11.3 Å². The van der Waals surface area contributed by atoms with Crippen LogP contribution in [0.25, 0.3) is 32.3 Å². The molecule has 0 bridgehead atoms. The Hall–Kier alpha value is -2.81. The van der Waals surface area contributed by atoms with Crippen molar-refractivity contribution in [2.24, 2.45) is 0 Å². The number of aromatic nitrogens is 1. The van der Waals surface area contributed by atoms with Crippen LogP contribution in [0.3, 0.4) is 0 Å². The van der Waals surface area contributed by atoms with Crippen molar-refractivity contribution in [2.45, 2.75) is 4.90 Å². The average molecular weight is 492 g/mol. The minimum Gasteiger partial charge on any atom is -0.491 e. The lowest BCUT2D eigenvalue weighted by Crippen LogP contribution is -2.00. The van der Waals surface area contributed by atoms with Crippen molar-refractivity contribution in [3.8, 4) is 38.0 Å². The molecule has 4 rings (SSSR count). The van der Waals surface area contributed by atoms with Gasteiger partial charge in [-0.1, -0.05) is 48.0 Å². The molecule has 0 amide bonds. The van der Waals surface area contributed by atoms with E-state index in [2.05, 4.69) is 4.98 Å². The molecule has 0 saturated heterocycles. The van der Waals surface area contributed by atoms with E-state index in [9.17, 15) is 17.2 Å². The number of sulfone groups is 1. The molecule has 0 aliphatic heterocycles. The Morgan fingerprint density at radius 2 is 1.56 bits per heavy atom. The van der Waals surface area contributed by atoms with Crippen LogP contribution in [0.5, 0.6) is 5.75 Å². The van der Waals surface area contributed by atoms with E-state index in [1.807, 2.05) is 0 Å². The van der Waals surface area contributed by atoms with Gasteiger partial charge in [0.25, 0.3) is 0 Å². The molecule has 0 spiro atoms. The van der Waals surface area contributed by atoms with Crippen molar-refractivity contribution < 1.29 is 21.9 Å². The van der Waals surface area contributed by atoms with Crippen LogP contribution in [0.4, 0.5) is 8.78 Å². The smallest absolute Gasteiger partial charge is 0.190 e. The van der Waals surface area contributed by atoms with E-state index in [1.54, 1.807) is 42.5 Å². The third kappa shape index (κ3) is 4.13. The Morgan fingerprint density at radius 1 is 0.969 bits per heavy atom. The van der Waals surface area contributed by atoms with Crippen molar-refractivity contribution in [3.05, 3.63) is 77.3 Å². The summed E-state index contributed by atoms with van der Waals surface area (Å²) >= 11 is 7.50. The SMILES string of the molecule is COc1c(F)cc(-c2sc(-c3ccccc3Cl)nc2-c2ccccc2S(C)(=O)=O)cc1F. The van der Waals surface area contributed by atoms with Crippen LogP contribution >= 0.6 is 22.9 Å². The summed E-state index contributed by atoms with van der Waals surface area (Å²) in [6, 6.07) is 15.7. The first-order valence-electron chi connectivity index (χ1n) is 9.29. The molecule has 0 radical (unpaired) electrons. The van der Waals surface area contributed by atoms with Gasteiger partial charge in [0.05, 0.1) is 27.6 Å². The summed E-state index contributed by atoms with van der Waals surface area (Å²) in [6.07, 6.45) is 1.10. The van der Waals surface area contributed by atoms with Crippen molar-refractivity contribution >= 4 is 32.8 Å². The van der Waals surface area contributed by atoms with E-state index in [1.165, 1.54) is 13.2 Å². The minimum atomic E-state index is -3.60. The lowest BCUT2D eigenvalue weighted by atomic mass is 10.1. The second-order valence-corrected chi connectivity index (χ2v) is 10.3. The Kier molecular flexibility index (Phi) is 6.03.